The zero-order valence-electron chi connectivity index (χ0n) is 8.01. The Hall–Kier alpha value is -1.77. The fourth-order valence-corrected chi connectivity index (χ4v) is 1.01. The third-order valence-electron chi connectivity index (χ3n) is 1.85. The van der Waals surface area contributed by atoms with Crippen molar-refractivity contribution in [2.24, 2.45) is 0 Å². The van der Waals surface area contributed by atoms with Crippen molar-refractivity contribution in [3.05, 3.63) is 23.0 Å². The van der Waals surface area contributed by atoms with E-state index in [1.807, 2.05) is 0 Å². The first-order valence-corrected chi connectivity index (χ1v) is 3.97. The fourth-order valence-electron chi connectivity index (χ4n) is 1.01. The standard InChI is InChI=1S/C9H7F3N2O/c1-5-6(2)14-4-7(3-13)8(5)15-9(10,11)12/h4H,1-2H3. The van der Waals surface area contributed by atoms with E-state index in [-0.39, 0.29) is 11.1 Å². The molecule has 0 fully saturated rings. The monoisotopic (exact) mass is 216 g/mol. The molecule has 0 unspecified atom stereocenters. The van der Waals surface area contributed by atoms with Crippen molar-refractivity contribution in [1.29, 1.82) is 5.26 Å². The molecule has 1 aromatic heterocycles. The van der Waals surface area contributed by atoms with Gasteiger partial charge in [-0.3, -0.25) is 4.98 Å². The average Bonchev–Trinajstić information content (AvgIpc) is 2.11. The van der Waals surface area contributed by atoms with Crippen LogP contribution in [0.4, 0.5) is 13.2 Å². The highest BCUT2D eigenvalue weighted by Crippen LogP contribution is 2.30. The molecule has 0 saturated carbocycles. The van der Waals surface area contributed by atoms with Crippen molar-refractivity contribution in [2.45, 2.75) is 20.2 Å². The van der Waals surface area contributed by atoms with Gasteiger partial charge in [-0.25, -0.2) is 0 Å². The van der Waals surface area contributed by atoms with Gasteiger partial charge in [-0.05, 0) is 13.8 Å². The van der Waals surface area contributed by atoms with Gasteiger partial charge in [0.05, 0.1) is 0 Å². The number of aryl methyl sites for hydroxylation is 1. The van der Waals surface area contributed by atoms with Crippen LogP contribution in [0, 0.1) is 25.2 Å². The lowest BCUT2D eigenvalue weighted by molar-refractivity contribution is -0.275. The Morgan fingerprint density at radius 2 is 2.00 bits per heavy atom. The summed E-state index contributed by atoms with van der Waals surface area (Å²) >= 11 is 0. The summed E-state index contributed by atoms with van der Waals surface area (Å²) in [5, 5.41) is 8.59. The van der Waals surface area contributed by atoms with Crippen LogP contribution in [0.5, 0.6) is 5.75 Å². The van der Waals surface area contributed by atoms with Crippen LogP contribution in [-0.4, -0.2) is 11.3 Å². The van der Waals surface area contributed by atoms with Crippen LogP contribution in [0.15, 0.2) is 6.20 Å². The van der Waals surface area contributed by atoms with E-state index >= 15 is 0 Å². The molecule has 0 aliphatic heterocycles. The van der Waals surface area contributed by atoms with Gasteiger partial charge in [-0.15, -0.1) is 13.2 Å². The Morgan fingerprint density at radius 3 is 2.47 bits per heavy atom. The van der Waals surface area contributed by atoms with Crippen molar-refractivity contribution in [3.8, 4) is 11.8 Å². The van der Waals surface area contributed by atoms with Gasteiger partial charge in [0.25, 0.3) is 0 Å². The highest BCUT2D eigenvalue weighted by atomic mass is 19.4. The van der Waals surface area contributed by atoms with Crippen LogP contribution >= 0.6 is 0 Å². The number of hydrogen-bond donors (Lipinski definition) is 0. The Bertz CT molecular complexity index is 421. The second kappa shape index (κ2) is 3.77. The Kier molecular flexibility index (Phi) is 2.84. The van der Waals surface area contributed by atoms with Crippen LogP contribution in [-0.2, 0) is 0 Å². The minimum absolute atomic E-state index is 0.214. The van der Waals surface area contributed by atoms with E-state index in [0.29, 0.717) is 5.69 Å². The third kappa shape index (κ3) is 2.59. The predicted octanol–water partition coefficient (Wildman–Crippen LogP) is 2.47. The first-order valence-electron chi connectivity index (χ1n) is 3.97. The molecule has 0 aliphatic carbocycles. The summed E-state index contributed by atoms with van der Waals surface area (Å²) in [5.41, 5.74) is 0.384. The summed E-state index contributed by atoms with van der Waals surface area (Å²) < 4.78 is 39.8. The SMILES string of the molecule is Cc1ncc(C#N)c(OC(F)(F)F)c1C. The first kappa shape index (κ1) is 11.3. The zero-order valence-corrected chi connectivity index (χ0v) is 8.01. The number of alkyl halides is 3. The molecule has 15 heavy (non-hydrogen) atoms. The Balaban J connectivity index is 3.26. The molecule has 80 valence electrons. The smallest absolute Gasteiger partial charge is 0.404 e. The summed E-state index contributed by atoms with van der Waals surface area (Å²) in [6, 6.07) is 1.60. The number of halogens is 3. The number of rotatable bonds is 1. The van der Waals surface area contributed by atoms with Crippen LogP contribution in [0.3, 0.4) is 0 Å². The van der Waals surface area contributed by atoms with Gasteiger partial charge in [0.1, 0.15) is 11.6 Å². The van der Waals surface area contributed by atoms with Crippen LogP contribution in [0.2, 0.25) is 0 Å². The largest absolute Gasteiger partial charge is 0.573 e. The van der Waals surface area contributed by atoms with Crippen molar-refractivity contribution < 1.29 is 17.9 Å². The summed E-state index contributed by atoms with van der Waals surface area (Å²) in [4.78, 5) is 3.77. The molecule has 1 rings (SSSR count). The van der Waals surface area contributed by atoms with Gasteiger partial charge in [0.2, 0.25) is 0 Å². The molecular weight excluding hydrogens is 209 g/mol. The molecule has 0 aromatic carbocycles. The lowest BCUT2D eigenvalue weighted by atomic mass is 10.1. The number of nitrogens with zero attached hydrogens (tertiary/aromatic N) is 2. The van der Waals surface area contributed by atoms with Crippen molar-refractivity contribution in [3.63, 3.8) is 0 Å². The summed E-state index contributed by atoms with van der Waals surface area (Å²) in [6.07, 6.45) is -3.74. The maximum absolute atomic E-state index is 12.0. The van der Waals surface area contributed by atoms with E-state index in [1.165, 1.54) is 6.92 Å². The maximum Gasteiger partial charge on any atom is 0.573 e. The molecule has 1 heterocycles. The molecule has 0 amide bonds. The molecular formula is C9H7F3N2O. The summed E-state index contributed by atoms with van der Waals surface area (Å²) in [6.45, 7) is 2.96. The molecule has 0 atom stereocenters. The number of pyridine rings is 1. The van der Waals surface area contributed by atoms with E-state index in [1.54, 1.807) is 13.0 Å². The summed E-state index contributed by atoms with van der Waals surface area (Å²) in [7, 11) is 0. The van der Waals surface area contributed by atoms with Crippen LogP contribution < -0.4 is 4.74 Å². The second-order valence-corrected chi connectivity index (χ2v) is 2.87. The van der Waals surface area contributed by atoms with Gasteiger partial charge >= 0.3 is 6.36 Å². The van der Waals surface area contributed by atoms with E-state index in [4.69, 9.17) is 5.26 Å². The molecule has 0 saturated heterocycles. The average molecular weight is 216 g/mol. The highest BCUT2D eigenvalue weighted by Gasteiger charge is 2.33. The van der Waals surface area contributed by atoms with E-state index in [2.05, 4.69) is 9.72 Å². The lowest BCUT2D eigenvalue weighted by Gasteiger charge is -2.13. The number of ether oxygens (including phenoxy) is 1. The summed E-state index contributed by atoms with van der Waals surface area (Å²) in [5.74, 6) is -0.475. The highest BCUT2D eigenvalue weighted by molar-refractivity contribution is 5.48. The fraction of sp³-hybridized carbons (Fsp3) is 0.333. The molecule has 0 spiro atoms. The van der Waals surface area contributed by atoms with Crippen molar-refractivity contribution >= 4 is 0 Å². The van der Waals surface area contributed by atoms with Crippen molar-refractivity contribution in [1.82, 2.24) is 4.98 Å². The normalized spacial score (nSPS) is 10.9. The third-order valence-corrected chi connectivity index (χ3v) is 1.85. The topological polar surface area (TPSA) is 45.9 Å². The first-order chi connectivity index (χ1) is 6.85. The van der Waals surface area contributed by atoms with Gasteiger partial charge in [-0.2, -0.15) is 5.26 Å². The molecule has 3 nitrogen and oxygen atoms in total. The van der Waals surface area contributed by atoms with E-state index < -0.39 is 12.1 Å². The van der Waals surface area contributed by atoms with Gasteiger partial charge in [-0.1, -0.05) is 0 Å². The maximum atomic E-state index is 12.0. The van der Waals surface area contributed by atoms with Gasteiger partial charge in [0.15, 0.2) is 5.75 Å². The van der Waals surface area contributed by atoms with Gasteiger partial charge in [0, 0.05) is 17.5 Å². The number of nitriles is 1. The van der Waals surface area contributed by atoms with E-state index in [0.717, 1.165) is 6.20 Å². The molecule has 0 aliphatic rings. The molecule has 0 bridgehead atoms. The van der Waals surface area contributed by atoms with Gasteiger partial charge < -0.3 is 4.74 Å². The Morgan fingerprint density at radius 1 is 1.40 bits per heavy atom. The molecule has 0 radical (unpaired) electrons. The molecule has 1 aromatic rings. The van der Waals surface area contributed by atoms with E-state index in [9.17, 15) is 13.2 Å². The quantitative estimate of drug-likeness (QED) is 0.724. The number of hydrogen-bond acceptors (Lipinski definition) is 3. The molecule has 6 heteroatoms. The van der Waals surface area contributed by atoms with Crippen LogP contribution in [0.25, 0.3) is 0 Å². The second-order valence-electron chi connectivity index (χ2n) is 2.87. The van der Waals surface area contributed by atoms with Crippen molar-refractivity contribution in [2.75, 3.05) is 0 Å². The van der Waals surface area contributed by atoms with Crippen LogP contribution in [0.1, 0.15) is 16.8 Å². The predicted molar refractivity (Wildman–Crippen MR) is 45.1 cm³/mol. The number of aromatic nitrogens is 1. The Labute approximate surface area is 84.1 Å². The molecule has 0 N–H and O–H groups in total. The minimum Gasteiger partial charge on any atom is -0.404 e. The lowest BCUT2D eigenvalue weighted by Crippen LogP contribution is -2.19. The zero-order chi connectivity index (χ0) is 11.6. The minimum atomic E-state index is -4.80.